The van der Waals surface area contributed by atoms with Crippen LogP contribution in [0.15, 0.2) is 18.3 Å². The van der Waals surface area contributed by atoms with E-state index in [-0.39, 0.29) is 19.6 Å². The van der Waals surface area contributed by atoms with Crippen molar-refractivity contribution in [3.05, 3.63) is 24.0 Å². The van der Waals surface area contributed by atoms with Gasteiger partial charge < -0.3 is 15.7 Å². The quantitative estimate of drug-likeness (QED) is 0.623. The van der Waals surface area contributed by atoms with Crippen LogP contribution in [0.3, 0.4) is 0 Å². The Bertz CT molecular complexity index is 521. The largest absolute Gasteiger partial charge is 0.480 e. The van der Waals surface area contributed by atoms with Gasteiger partial charge in [-0.3, -0.25) is 9.69 Å². The molecule has 3 amide bonds. The lowest BCUT2D eigenvalue weighted by Gasteiger charge is -2.32. The van der Waals surface area contributed by atoms with E-state index in [9.17, 15) is 14.4 Å². The number of nitrogens with zero attached hydrogens (tertiary/aromatic N) is 3. The lowest BCUT2D eigenvalue weighted by molar-refractivity contribution is -0.144. The number of aliphatic carboxylic acids is 1. The maximum absolute atomic E-state index is 12.0. The smallest absolute Gasteiger partial charge is 0.328 e. The Morgan fingerprint density at radius 1 is 1.55 bits per heavy atom. The first kappa shape index (κ1) is 13.7. The number of urea groups is 1. The van der Waals surface area contributed by atoms with Crippen molar-refractivity contribution in [1.29, 1.82) is 0 Å². The van der Waals surface area contributed by atoms with E-state index < -0.39 is 23.9 Å². The highest BCUT2D eigenvalue weighted by Crippen LogP contribution is 2.05. The van der Waals surface area contributed by atoms with Crippen molar-refractivity contribution in [3.8, 4) is 0 Å². The predicted octanol–water partition coefficient (Wildman–Crippen LogP) is -1.43. The summed E-state index contributed by atoms with van der Waals surface area (Å²) in [5, 5.41) is 21.4. The Balaban J connectivity index is 1.98. The predicted molar refractivity (Wildman–Crippen MR) is 65.4 cm³/mol. The second-order valence-corrected chi connectivity index (χ2v) is 4.16. The molecule has 1 aliphatic heterocycles. The highest BCUT2D eigenvalue weighted by atomic mass is 16.4. The first-order valence-corrected chi connectivity index (χ1v) is 5.88. The van der Waals surface area contributed by atoms with Gasteiger partial charge in [-0.05, 0) is 12.1 Å². The lowest BCUT2D eigenvalue weighted by Crippen LogP contribution is -2.61. The van der Waals surface area contributed by atoms with Crippen molar-refractivity contribution >= 4 is 17.9 Å². The molecule has 0 spiro atoms. The molecule has 1 atom stereocenters. The Kier molecular flexibility index (Phi) is 4.08. The molecule has 0 saturated carbocycles. The Labute approximate surface area is 114 Å². The van der Waals surface area contributed by atoms with Crippen molar-refractivity contribution in [3.63, 3.8) is 0 Å². The average Bonchev–Trinajstić information content (AvgIpc) is 2.45. The molecule has 1 aromatic heterocycles. The van der Waals surface area contributed by atoms with E-state index in [1.165, 1.54) is 6.20 Å². The van der Waals surface area contributed by atoms with Gasteiger partial charge in [-0.25, -0.2) is 9.59 Å². The molecule has 0 bridgehead atoms. The van der Waals surface area contributed by atoms with Crippen LogP contribution in [0.1, 0.15) is 5.69 Å². The molecule has 1 aliphatic rings. The lowest BCUT2D eigenvalue weighted by atomic mass is 10.2. The van der Waals surface area contributed by atoms with Crippen molar-refractivity contribution in [2.75, 3.05) is 13.1 Å². The highest BCUT2D eigenvalue weighted by Gasteiger charge is 2.35. The monoisotopic (exact) mass is 279 g/mol. The van der Waals surface area contributed by atoms with Gasteiger partial charge in [0.1, 0.15) is 12.6 Å². The number of hydrogen-bond donors (Lipinski definition) is 3. The van der Waals surface area contributed by atoms with Crippen LogP contribution < -0.4 is 10.6 Å². The highest BCUT2D eigenvalue weighted by molar-refractivity contribution is 5.90. The summed E-state index contributed by atoms with van der Waals surface area (Å²) in [5.41, 5.74) is 0.536. The van der Waals surface area contributed by atoms with Gasteiger partial charge >= 0.3 is 12.0 Å². The standard InChI is InChI=1S/C11H13N5O4/c17-9-6-16(8(5-12-9)10(18)19)11(20)13-4-7-2-1-3-14-15-7/h1-3,8H,4-6H2,(H,12,17)(H,13,20)(H,18,19). The zero-order valence-electron chi connectivity index (χ0n) is 10.4. The van der Waals surface area contributed by atoms with Crippen LogP contribution in [0, 0.1) is 0 Å². The molecule has 9 nitrogen and oxygen atoms in total. The third-order valence-electron chi connectivity index (χ3n) is 2.78. The van der Waals surface area contributed by atoms with Gasteiger partial charge in [-0.15, -0.1) is 0 Å². The number of carbonyl (C=O) groups excluding carboxylic acids is 2. The van der Waals surface area contributed by atoms with Crippen molar-refractivity contribution in [2.45, 2.75) is 12.6 Å². The third kappa shape index (κ3) is 3.19. The van der Waals surface area contributed by atoms with Crippen molar-refractivity contribution in [1.82, 2.24) is 25.7 Å². The fourth-order valence-electron chi connectivity index (χ4n) is 1.77. The minimum atomic E-state index is -1.17. The summed E-state index contributed by atoms with van der Waals surface area (Å²) in [5.74, 6) is -1.56. The van der Waals surface area contributed by atoms with E-state index in [0.717, 1.165) is 4.90 Å². The fourth-order valence-corrected chi connectivity index (χ4v) is 1.77. The number of amides is 3. The number of nitrogens with one attached hydrogen (secondary N) is 2. The Morgan fingerprint density at radius 2 is 2.35 bits per heavy atom. The molecule has 2 heterocycles. The number of rotatable bonds is 3. The molecule has 0 aromatic carbocycles. The normalized spacial score (nSPS) is 18.3. The fraction of sp³-hybridized carbons (Fsp3) is 0.364. The van der Waals surface area contributed by atoms with Gasteiger partial charge in [-0.2, -0.15) is 10.2 Å². The van der Waals surface area contributed by atoms with Gasteiger partial charge in [-0.1, -0.05) is 0 Å². The molecule has 1 saturated heterocycles. The van der Waals surface area contributed by atoms with Crippen LogP contribution in [0.2, 0.25) is 0 Å². The minimum absolute atomic E-state index is 0.104. The van der Waals surface area contributed by atoms with Gasteiger partial charge in [0.05, 0.1) is 12.2 Å². The summed E-state index contributed by atoms with van der Waals surface area (Å²) in [4.78, 5) is 35.3. The summed E-state index contributed by atoms with van der Waals surface area (Å²) < 4.78 is 0. The zero-order chi connectivity index (χ0) is 14.5. The number of aromatic nitrogens is 2. The van der Waals surface area contributed by atoms with Crippen LogP contribution in [-0.2, 0) is 16.1 Å². The second-order valence-electron chi connectivity index (χ2n) is 4.16. The molecule has 2 rings (SSSR count). The SMILES string of the molecule is O=C1CN(C(=O)NCc2cccnn2)C(C(=O)O)CN1. The molecular weight excluding hydrogens is 266 g/mol. The minimum Gasteiger partial charge on any atom is -0.480 e. The Hall–Kier alpha value is -2.71. The summed E-state index contributed by atoms with van der Waals surface area (Å²) in [7, 11) is 0. The van der Waals surface area contributed by atoms with E-state index in [4.69, 9.17) is 5.11 Å². The first-order valence-electron chi connectivity index (χ1n) is 5.88. The molecule has 0 aliphatic carbocycles. The van der Waals surface area contributed by atoms with Gasteiger partial charge in [0.2, 0.25) is 5.91 Å². The average molecular weight is 279 g/mol. The molecular formula is C11H13N5O4. The third-order valence-corrected chi connectivity index (χ3v) is 2.78. The number of carboxylic acids is 1. The van der Waals surface area contributed by atoms with Crippen LogP contribution >= 0.6 is 0 Å². The molecule has 20 heavy (non-hydrogen) atoms. The summed E-state index contributed by atoms with van der Waals surface area (Å²) >= 11 is 0. The topological polar surface area (TPSA) is 125 Å². The van der Waals surface area contributed by atoms with E-state index in [2.05, 4.69) is 20.8 Å². The van der Waals surface area contributed by atoms with E-state index in [0.29, 0.717) is 5.69 Å². The van der Waals surface area contributed by atoms with Crippen molar-refractivity contribution in [2.24, 2.45) is 0 Å². The van der Waals surface area contributed by atoms with Crippen LogP contribution in [0.4, 0.5) is 4.79 Å². The van der Waals surface area contributed by atoms with Crippen LogP contribution in [0.5, 0.6) is 0 Å². The van der Waals surface area contributed by atoms with Crippen molar-refractivity contribution < 1.29 is 19.5 Å². The molecule has 1 aromatic rings. The maximum Gasteiger partial charge on any atom is 0.328 e. The van der Waals surface area contributed by atoms with Gasteiger partial charge in [0.25, 0.3) is 0 Å². The second kappa shape index (κ2) is 5.95. The molecule has 9 heteroatoms. The zero-order valence-corrected chi connectivity index (χ0v) is 10.4. The number of carbonyl (C=O) groups is 3. The maximum atomic E-state index is 12.0. The molecule has 0 radical (unpaired) electrons. The molecule has 3 N–H and O–H groups in total. The number of hydrogen-bond acceptors (Lipinski definition) is 5. The van der Waals surface area contributed by atoms with E-state index in [1.807, 2.05) is 0 Å². The van der Waals surface area contributed by atoms with E-state index in [1.54, 1.807) is 12.1 Å². The van der Waals surface area contributed by atoms with Crippen LogP contribution in [-0.4, -0.2) is 57.2 Å². The van der Waals surface area contributed by atoms with Gasteiger partial charge in [0.15, 0.2) is 0 Å². The summed E-state index contributed by atoms with van der Waals surface area (Å²) in [6.07, 6.45) is 1.50. The first-order chi connectivity index (χ1) is 9.58. The Morgan fingerprint density at radius 3 is 3.00 bits per heavy atom. The van der Waals surface area contributed by atoms with E-state index >= 15 is 0 Å². The number of carboxylic acid groups (broad SMARTS) is 1. The van der Waals surface area contributed by atoms with Crippen LogP contribution in [0.25, 0.3) is 0 Å². The number of piperazine rings is 1. The summed E-state index contributed by atoms with van der Waals surface area (Å²) in [6.45, 7) is -0.285. The summed E-state index contributed by atoms with van der Waals surface area (Å²) in [6, 6.07) is 1.64. The molecule has 106 valence electrons. The van der Waals surface area contributed by atoms with Gasteiger partial charge in [0, 0.05) is 12.7 Å². The molecule has 1 unspecified atom stereocenters. The molecule has 1 fully saturated rings.